The van der Waals surface area contributed by atoms with Crippen molar-refractivity contribution in [3.63, 3.8) is 0 Å². The number of fused-ring (bicyclic) bond motifs is 1. The maximum atomic E-state index is 12.9. The van der Waals surface area contributed by atoms with Crippen LogP contribution in [0.3, 0.4) is 0 Å². The lowest BCUT2D eigenvalue weighted by atomic mass is 10.1. The van der Waals surface area contributed by atoms with Crippen molar-refractivity contribution in [3.8, 4) is 0 Å². The smallest absolute Gasteiger partial charge is 0.262 e. The second kappa shape index (κ2) is 5.99. The molecule has 1 amide bonds. The summed E-state index contributed by atoms with van der Waals surface area (Å²) < 4.78 is 7.27. The van der Waals surface area contributed by atoms with Gasteiger partial charge in [-0.3, -0.25) is 9.59 Å². The molecule has 0 unspecified atom stereocenters. The molecule has 1 fully saturated rings. The van der Waals surface area contributed by atoms with E-state index in [-0.39, 0.29) is 11.5 Å². The molecule has 1 aliphatic heterocycles. The Morgan fingerprint density at radius 3 is 2.55 bits per heavy atom. The van der Waals surface area contributed by atoms with E-state index in [1.165, 1.54) is 0 Å². The summed E-state index contributed by atoms with van der Waals surface area (Å²) in [5.41, 5.74) is 0.810. The van der Waals surface area contributed by atoms with Gasteiger partial charge in [0, 0.05) is 25.8 Å². The number of amides is 1. The molecule has 0 spiro atoms. The zero-order valence-electron chi connectivity index (χ0n) is 13.2. The Hall–Kier alpha value is -2.04. The average molecular weight is 302 g/mol. The normalized spacial score (nSPS) is 16.0. The summed E-state index contributed by atoms with van der Waals surface area (Å²) in [6.07, 6.45) is 6.10. The van der Waals surface area contributed by atoms with Crippen LogP contribution in [-0.2, 0) is 6.54 Å². The van der Waals surface area contributed by atoms with Crippen LogP contribution >= 0.6 is 0 Å². The van der Waals surface area contributed by atoms with Crippen molar-refractivity contribution in [2.45, 2.75) is 46.1 Å². The molecule has 0 aromatic carbocycles. The largest absolute Gasteiger partial charge is 0.460 e. The number of nitrogens with zero attached hydrogens (tertiary/aromatic N) is 2. The van der Waals surface area contributed by atoms with Gasteiger partial charge < -0.3 is 13.9 Å². The topological polar surface area (TPSA) is 55.5 Å². The minimum Gasteiger partial charge on any atom is -0.460 e. The predicted molar refractivity (Wildman–Crippen MR) is 85.3 cm³/mol. The highest BCUT2D eigenvalue weighted by Gasteiger charge is 2.26. The zero-order valence-corrected chi connectivity index (χ0v) is 13.2. The molecule has 5 nitrogen and oxygen atoms in total. The van der Waals surface area contributed by atoms with Gasteiger partial charge in [-0.05, 0) is 32.8 Å². The van der Waals surface area contributed by atoms with E-state index in [1.54, 1.807) is 23.8 Å². The number of pyridine rings is 1. The monoisotopic (exact) mass is 302 g/mol. The number of hydrogen-bond donors (Lipinski definition) is 0. The third-order valence-electron chi connectivity index (χ3n) is 4.44. The van der Waals surface area contributed by atoms with Crippen LogP contribution in [-0.4, -0.2) is 28.5 Å². The van der Waals surface area contributed by atoms with Crippen molar-refractivity contribution in [1.82, 2.24) is 9.47 Å². The van der Waals surface area contributed by atoms with E-state index in [1.807, 2.05) is 11.8 Å². The predicted octanol–water partition coefficient (Wildman–Crippen LogP) is 2.94. The molecule has 2 aromatic heterocycles. The lowest BCUT2D eigenvalue weighted by Gasteiger charge is -2.20. The molecular formula is C17H22N2O3. The molecule has 2 aromatic rings. The van der Waals surface area contributed by atoms with E-state index in [9.17, 15) is 9.59 Å². The van der Waals surface area contributed by atoms with E-state index in [0.29, 0.717) is 28.8 Å². The molecule has 5 heteroatoms. The van der Waals surface area contributed by atoms with Crippen LogP contribution in [0.4, 0.5) is 0 Å². The summed E-state index contributed by atoms with van der Waals surface area (Å²) >= 11 is 0. The first-order chi connectivity index (χ1) is 10.6. The van der Waals surface area contributed by atoms with E-state index >= 15 is 0 Å². The molecule has 1 aliphatic rings. The second-order valence-corrected chi connectivity index (χ2v) is 5.89. The minimum absolute atomic E-state index is 0.0656. The van der Waals surface area contributed by atoms with E-state index < -0.39 is 0 Å². The third-order valence-corrected chi connectivity index (χ3v) is 4.44. The molecule has 118 valence electrons. The summed E-state index contributed by atoms with van der Waals surface area (Å²) in [5, 5.41) is 0.427. The molecule has 0 atom stereocenters. The van der Waals surface area contributed by atoms with Crippen molar-refractivity contribution < 1.29 is 9.21 Å². The van der Waals surface area contributed by atoms with Gasteiger partial charge in [0.2, 0.25) is 0 Å². The highest BCUT2D eigenvalue weighted by molar-refractivity contribution is 6.06. The first-order valence-corrected chi connectivity index (χ1v) is 8.05. The molecule has 1 saturated heterocycles. The van der Waals surface area contributed by atoms with Gasteiger partial charge in [0.05, 0.1) is 10.9 Å². The lowest BCUT2D eigenvalue weighted by molar-refractivity contribution is 0.0761. The van der Waals surface area contributed by atoms with Gasteiger partial charge in [0.25, 0.3) is 11.5 Å². The first-order valence-electron chi connectivity index (χ1n) is 8.05. The summed E-state index contributed by atoms with van der Waals surface area (Å²) in [5.74, 6) is 0.472. The van der Waals surface area contributed by atoms with Crippen molar-refractivity contribution in [2.24, 2.45) is 0 Å². The van der Waals surface area contributed by atoms with Crippen molar-refractivity contribution >= 4 is 16.9 Å². The van der Waals surface area contributed by atoms with Crippen LogP contribution in [0.15, 0.2) is 21.5 Å². The highest BCUT2D eigenvalue weighted by atomic mass is 16.3. The van der Waals surface area contributed by atoms with Crippen LogP contribution in [0.1, 0.15) is 48.7 Å². The summed E-state index contributed by atoms with van der Waals surface area (Å²) in [4.78, 5) is 27.4. The number of aryl methyl sites for hydroxylation is 2. The van der Waals surface area contributed by atoms with Crippen LogP contribution in [0, 0.1) is 6.92 Å². The summed E-state index contributed by atoms with van der Waals surface area (Å²) in [7, 11) is 0. The Bertz CT molecular complexity index is 749. The van der Waals surface area contributed by atoms with Crippen molar-refractivity contribution in [1.29, 1.82) is 0 Å². The maximum absolute atomic E-state index is 12.9. The average Bonchev–Trinajstić information content (AvgIpc) is 2.69. The molecule has 0 N–H and O–H groups in total. The van der Waals surface area contributed by atoms with Crippen molar-refractivity contribution in [2.75, 3.05) is 13.1 Å². The van der Waals surface area contributed by atoms with Crippen molar-refractivity contribution in [3.05, 3.63) is 33.9 Å². The van der Waals surface area contributed by atoms with Gasteiger partial charge in [-0.2, -0.15) is 0 Å². The molecular weight excluding hydrogens is 280 g/mol. The number of carbonyl (C=O) groups is 1. The maximum Gasteiger partial charge on any atom is 0.262 e. The van der Waals surface area contributed by atoms with Gasteiger partial charge in [-0.25, -0.2) is 0 Å². The Morgan fingerprint density at radius 1 is 1.23 bits per heavy atom. The quantitative estimate of drug-likeness (QED) is 0.857. The SMILES string of the molecule is CCn1ccc2oc(C)c(C(=O)N3CCCCCC3)c2c1=O. The molecule has 0 aliphatic carbocycles. The molecule has 3 rings (SSSR count). The summed E-state index contributed by atoms with van der Waals surface area (Å²) in [6.45, 7) is 5.78. The van der Waals surface area contributed by atoms with Gasteiger partial charge in [0.15, 0.2) is 0 Å². The molecule has 3 heterocycles. The molecule has 0 saturated carbocycles. The van der Waals surface area contributed by atoms with Gasteiger partial charge in [-0.1, -0.05) is 12.8 Å². The van der Waals surface area contributed by atoms with Gasteiger partial charge in [0.1, 0.15) is 11.3 Å². The molecule has 0 radical (unpaired) electrons. The Balaban J connectivity index is 2.11. The Labute approximate surface area is 129 Å². The standard InChI is InChI=1S/C17H22N2O3/c1-3-18-11-8-13-15(17(18)21)14(12(2)22-13)16(20)19-9-6-4-5-7-10-19/h8,11H,3-7,9-10H2,1-2H3. The minimum atomic E-state index is -0.143. The van der Waals surface area contributed by atoms with E-state index in [2.05, 4.69) is 0 Å². The number of aromatic nitrogens is 1. The Kier molecular flexibility index (Phi) is 4.05. The number of furan rings is 1. The zero-order chi connectivity index (χ0) is 15.7. The molecule has 0 bridgehead atoms. The fraction of sp³-hybridized carbons (Fsp3) is 0.529. The fourth-order valence-electron chi connectivity index (χ4n) is 3.20. The van der Waals surface area contributed by atoms with Gasteiger partial charge >= 0.3 is 0 Å². The van der Waals surface area contributed by atoms with Crippen LogP contribution in [0.5, 0.6) is 0 Å². The van der Waals surface area contributed by atoms with Gasteiger partial charge in [-0.15, -0.1) is 0 Å². The summed E-state index contributed by atoms with van der Waals surface area (Å²) in [6, 6.07) is 1.77. The van der Waals surface area contributed by atoms with Crippen LogP contribution in [0.2, 0.25) is 0 Å². The fourth-order valence-corrected chi connectivity index (χ4v) is 3.20. The number of hydrogen-bond acceptors (Lipinski definition) is 3. The van der Waals surface area contributed by atoms with E-state index in [0.717, 1.165) is 38.8 Å². The highest BCUT2D eigenvalue weighted by Crippen LogP contribution is 2.25. The lowest BCUT2D eigenvalue weighted by Crippen LogP contribution is -2.33. The molecule has 22 heavy (non-hydrogen) atoms. The Morgan fingerprint density at radius 2 is 1.91 bits per heavy atom. The van der Waals surface area contributed by atoms with Crippen LogP contribution in [0.25, 0.3) is 11.0 Å². The van der Waals surface area contributed by atoms with Crippen LogP contribution < -0.4 is 5.56 Å². The second-order valence-electron chi connectivity index (χ2n) is 5.89. The first kappa shape index (κ1) is 14.9. The number of likely N-dealkylation sites (tertiary alicyclic amines) is 1. The number of carbonyl (C=O) groups excluding carboxylic acids is 1. The third kappa shape index (κ3) is 2.45. The number of rotatable bonds is 2. The van der Waals surface area contributed by atoms with E-state index in [4.69, 9.17) is 4.42 Å².